The van der Waals surface area contributed by atoms with E-state index in [-0.39, 0.29) is 14.8 Å². The number of hydrogen-bond acceptors (Lipinski definition) is 4. The van der Waals surface area contributed by atoms with Crippen molar-refractivity contribution in [3.63, 3.8) is 0 Å². The summed E-state index contributed by atoms with van der Waals surface area (Å²) in [6.45, 7) is 0. The summed E-state index contributed by atoms with van der Waals surface area (Å²) in [5.41, 5.74) is 0. The van der Waals surface area contributed by atoms with Gasteiger partial charge in [0.05, 0.1) is 4.90 Å². The van der Waals surface area contributed by atoms with Gasteiger partial charge in [0.25, 0.3) is 10.0 Å². The molecule has 0 aliphatic heterocycles. The number of carboxylic acids is 1. The molecule has 0 saturated heterocycles. The molecule has 0 aliphatic rings. The van der Waals surface area contributed by atoms with Crippen molar-refractivity contribution in [1.29, 1.82) is 0 Å². The summed E-state index contributed by atoms with van der Waals surface area (Å²) in [6.07, 6.45) is 0. The van der Waals surface area contributed by atoms with E-state index in [1.807, 2.05) is 0 Å². The molecule has 0 amide bonds. The van der Waals surface area contributed by atoms with Gasteiger partial charge in [0.15, 0.2) is 0 Å². The lowest BCUT2D eigenvalue weighted by atomic mass is 10.4. The summed E-state index contributed by atoms with van der Waals surface area (Å²) >= 11 is 6.58. The van der Waals surface area contributed by atoms with E-state index in [4.69, 9.17) is 16.7 Å². The Morgan fingerprint density at radius 1 is 1.26 bits per heavy atom. The third kappa shape index (κ3) is 3.25. The number of sulfonamides is 1. The van der Waals surface area contributed by atoms with Gasteiger partial charge in [0, 0.05) is 5.02 Å². The number of rotatable bonds is 4. The Hall–Kier alpha value is -1.57. The molecule has 1 aromatic carbocycles. The molecule has 0 bridgehead atoms. The molecule has 0 saturated carbocycles. The van der Waals surface area contributed by atoms with Crippen LogP contribution in [0.3, 0.4) is 0 Å². The second-order valence-electron chi connectivity index (χ2n) is 3.53. The summed E-state index contributed by atoms with van der Waals surface area (Å²) in [5.74, 6) is -1.10. The van der Waals surface area contributed by atoms with Gasteiger partial charge in [-0.3, -0.25) is 4.72 Å². The highest BCUT2D eigenvalue weighted by atomic mass is 35.5. The van der Waals surface area contributed by atoms with Crippen LogP contribution in [0.2, 0.25) is 5.02 Å². The van der Waals surface area contributed by atoms with Gasteiger partial charge in [0.1, 0.15) is 9.88 Å². The lowest BCUT2D eigenvalue weighted by molar-refractivity contribution is 0.0702. The molecule has 0 radical (unpaired) electrons. The minimum atomic E-state index is -3.77. The molecule has 8 heteroatoms. The van der Waals surface area contributed by atoms with Crippen LogP contribution in [0.15, 0.2) is 41.3 Å². The molecule has 2 rings (SSSR count). The molecular formula is C11H8ClNO4S2. The van der Waals surface area contributed by atoms with Gasteiger partial charge in [-0.25, -0.2) is 13.2 Å². The molecule has 0 aliphatic carbocycles. The number of thiophene rings is 1. The first-order chi connectivity index (χ1) is 8.88. The second kappa shape index (κ2) is 5.20. The fourth-order valence-corrected chi connectivity index (χ4v) is 3.67. The van der Waals surface area contributed by atoms with Crippen molar-refractivity contribution >= 4 is 43.9 Å². The first-order valence-electron chi connectivity index (χ1n) is 5.00. The summed E-state index contributed by atoms with van der Waals surface area (Å²) in [6, 6.07) is 8.54. The quantitative estimate of drug-likeness (QED) is 0.908. The van der Waals surface area contributed by atoms with Crippen LogP contribution >= 0.6 is 22.9 Å². The van der Waals surface area contributed by atoms with Gasteiger partial charge in [-0.2, -0.15) is 0 Å². The summed E-state index contributed by atoms with van der Waals surface area (Å²) in [4.78, 5) is 10.8. The molecule has 2 N–H and O–H groups in total. The first-order valence-corrected chi connectivity index (χ1v) is 7.68. The van der Waals surface area contributed by atoms with Crippen molar-refractivity contribution < 1.29 is 18.3 Å². The number of carbonyl (C=O) groups is 1. The van der Waals surface area contributed by atoms with Gasteiger partial charge in [0.2, 0.25) is 0 Å². The average Bonchev–Trinajstić information content (AvgIpc) is 2.77. The largest absolute Gasteiger partial charge is 0.477 e. The number of nitrogens with one attached hydrogen (secondary N) is 1. The number of halogens is 1. The van der Waals surface area contributed by atoms with Crippen molar-refractivity contribution in [3.8, 4) is 0 Å². The fraction of sp³-hybridized carbons (Fsp3) is 0. The zero-order chi connectivity index (χ0) is 14.0. The minimum absolute atomic E-state index is 0.0188. The van der Waals surface area contributed by atoms with Crippen molar-refractivity contribution in [2.75, 3.05) is 4.72 Å². The Kier molecular flexibility index (Phi) is 3.79. The number of benzene rings is 1. The topological polar surface area (TPSA) is 83.5 Å². The molecule has 0 spiro atoms. The fourth-order valence-electron chi connectivity index (χ4n) is 1.33. The zero-order valence-corrected chi connectivity index (χ0v) is 11.7. The monoisotopic (exact) mass is 317 g/mol. The Labute approximate surface area is 118 Å². The molecule has 0 fully saturated rings. The smallest absolute Gasteiger partial charge is 0.345 e. The van der Waals surface area contributed by atoms with Crippen LogP contribution in [0.25, 0.3) is 0 Å². The van der Waals surface area contributed by atoms with E-state index in [0.29, 0.717) is 5.02 Å². The van der Waals surface area contributed by atoms with E-state index < -0.39 is 16.0 Å². The summed E-state index contributed by atoms with van der Waals surface area (Å²) < 4.78 is 26.4. The number of anilines is 1. The van der Waals surface area contributed by atoms with Crippen molar-refractivity contribution in [2.24, 2.45) is 0 Å². The van der Waals surface area contributed by atoms with E-state index in [0.717, 1.165) is 11.3 Å². The number of hydrogen-bond donors (Lipinski definition) is 2. The molecule has 2 aromatic rings. The van der Waals surface area contributed by atoms with Gasteiger partial charge in [-0.15, -0.1) is 11.3 Å². The van der Waals surface area contributed by atoms with Crippen LogP contribution in [0, 0.1) is 0 Å². The highest BCUT2D eigenvalue weighted by Gasteiger charge is 2.16. The highest BCUT2D eigenvalue weighted by Crippen LogP contribution is 2.25. The lowest BCUT2D eigenvalue weighted by Crippen LogP contribution is -2.11. The Morgan fingerprint density at radius 2 is 2.00 bits per heavy atom. The first kappa shape index (κ1) is 13.9. The van der Waals surface area contributed by atoms with E-state index in [9.17, 15) is 13.2 Å². The lowest BCUT2D eigenvalue weighted by Gasteiger charge is -2.05. The zero-order valence-electron chi connectivity index (χ0n) is 9.33. The maximum absolute atomic E-state index is 12.0. The van der Waals surface area contributed by atoms with Crippen molar-refractivity contribution in [1.82, 2.24) is 0 Å². The highest BCUT2D eigenvalue weighted by molar-refractivity contribution is 7.93. The van der Waals surface area contributed by atoms with Crippen LogP contribution < -0.4 is 4.72 Å². The summed E-state index contributed by atoms with van der Waals surface area (Å²) in [7, 11) is -3.77. The third-order valence-corrected chi connectivity index (χ3v) is 4.87. The van der Waals surface area contributed by atoms with Crippen LogP contribution in [-0.4, -0.2) is 19.5 Å². The number of aromatic carboxylic acids is 1. The Bertz CT molecular complexity index is 724. The maximum Gasteiger partial charge on any atom is 0.345 e. The standard InChI is InChI=1S/C11H8ClNO4S2/c12-7-2-1-3-8(6-7)19(16,17)13-10-5-4-9(18-10)11(14)15/h1-6,13H,(H,14,15). The third-order valence-electron chi connectivity index (χ3n) is 2.16. The van der Waals surface area contributed by atoms with Crippen LogP contribution in [0.5, 0.6) is 0 Å². The Morgan fingerprint density at radius 3 is 2.58 bits per heavy atom. The molecule has 1 heterocycles. The van der Waals surface area contributed by atoms with Crippen LogP contribution in [0.4, 0.5) is 5.00 Å². The predicted molar refractivity (Wildman–Crippen MR) is 73.5 cm³/mol. The summed E-state index contributed by atoms with van der Waals surface area (Å²) in [5, 5.41) is 9.31. The second-order valence-corrected chi connectivity index (χ2v) is 6.73. The molecule has 100 valence electrons. The molecule has 0 atom stereocenters. The van der Waals surface area contributed by atoms with Gasteiger partial charge < -0.3 is 5.11 Å². The number of carboxylic acid groups (broad SMARTS) is 1. The van der Waals surface area contributed by atoms with E-state index in [1.54, 1.807) is 6.07 Å². The molecule has 1 aromatic heterocycles. The van der Waals surface area contributed by atoms with E-state index >= 15 is 0 Å². The minimum Gasteiger partial charge on any atom is -0.477 e. The SMILES string of the molecule is O=C(O)c1ccc(NS(=O)(=O)c2cccc(Cl)c2)s1. The van der Waals surface area contributed by atoms with E-state index in [2.05, 4.69) is 4.72 Å². The van der Waals surface area contributed by atoms with Crippen molar-refractivity contribution in [2.45, 2.75) is 4.90 Å². The van der Waals surface area contributed by atoms with Crippen LogP contribution in [-0.2, 0) is 10.0 Å². The van der Waals surface area contributed by atoms with Gasteiger partial charge >= 0.3 is 5.97 Å². The normalized spacial score (nSPS) is 11.2. The van der Waals surface area contributed by atoms with Gasteiger partial charge in [-0.05, 0) is 30.3 Å². The molecule has 5 nitrogen and oxygen atoms in total. The molecular weight excluding hydrogens is 310 g/mol. The average molecular weight is 318 g/mol. The van der Waals surface area contributed by atoms with Crippen molar-refractivity contribution in [3.05, 3.63) is 46.3 Å². The molecule has 19 heavy (non-hydrogen) atoms. The van der Waals surface area contributed by atoms with Gasteiger partial charge in [-0.1, -0.05) is 17.7 Å². The Balaban J connectivity index is 2.28. The maximum atomic E-state index is 12.0. The van der Waals surface area contributed by atoms with Crippen LogP contribution in [0.1, 0.15) is 9.67 Å². The van der Waals surface area contributed by atoms with E-state index in [1.165, 1.54) is 30.3 Å². The predicted octanol–water partition coefficient (Wildman–Crippen LogP) is 2.90. The molecule has 0 unspecified atom stereocenters.